The van der Waals surface area contributed by atoms with Crippen molar-refractivity contribution in [1.29, 1.82) is 0 Å². The van der Waals surface area contributed by atoms with Crippen molar-refractivity contribution in [2.45, 2.75) is 56.3 Å². The molecule has 2 N–H and O–H groups in total. The molecule has 9 nitrogen and oxygen atoms in total. The van der Waals surface area contributed by atoms with Crippen LogP contribution < -0.4 is 16.2 Å². The third-order valence-corrected chi connectivity index (χ3v) is 8.69. The maximum atomic E-state index is 13.4. The van der Waals surface area contributed by atoms with Crippen molar-refractivity contribution in [3.05, 3.63) is 46.2 Å². The number of hydrogen-bond acceptors (Lipinski definition) is 8. The number of anilines is 1. The van der Waals surface area contributed by atoms with Gasteiger partial charge in [-0.05, 0) is 56.6 Å². The number of nitrogens with zero attached hydrogens (tertiary/aromatic N) is 3. The van der Waals surface area contributed by atoms with Gasteiger partial charge in [-0.25, -0.2) is 9.97 Å². The lowest BCUT2D eigenvalue weighted by Gasteiger charge is -2.29. The van der Waals surface area contributed by atoms with Crippen LogP contribution in [0.5, 0.6) is 0 Å². The van der Waals surface area contributed by atoms with Gasteiger partial charge < -0.3 is 15.4 Å². The Morgan fingerprint density at radius 2 is 2.00 bits per heavy atom. The first-order valence-corrected chi connectivity index (χ1v) is 14.6. The quantitative estimate of drug-likeness (QED) is 0.314. The number of aromatic nitrogens is 3. The van der Waals surface area contributed by atoms with Crippen molar-refractivity contribution < 1.29 is 14.3 Å². The fourth-order valence-corrected chi connectivity index (χ4v) is 6.37. The number of nitrogens with one attached hydrogen (secondary N) is 2. The van der Waals surface area contributed by atoms with Crippen molar-refractivity contribution in [3.8, 4) is 0 Å². The Balaban J connectivity index is 1.23. The predicted octanol–water partition coefficient (Wildman–Crippen LogP) is 3.69. The number of ether oxygens (including phenoxy) is 1. The Morgan fingerprint density at radius 1 is 1.16 bits per heavy atom. The maximum absolute atomic E-state index is 13.4. The molecule has 37 heavy (non-hydrogen) atoms. The molecule has 0 spiro atoms. The lowest BCUT2D eigenvalue weighted by atomic mass is 9.81. The maximum Gasteiger partial charge on any atom is 0.262 e. The summed E-state index contributed by atoms with van der Waals surface area (Å²) in [7, 11) is 0. The average Bonchev–Trinajstić information content (AvgIpc) is 3.63. The zero-order chi connectivity index (χ0) is 25.6. The molecule has 3 aromatic rings. The van der Waals surface area contributed by atoms with E-state index in [2.05, 4.69) is 15.6 Å². The minimum absolute atomic E-state index is 0.00695. The molecule has 1 unspecified atom stereocenters. The van der Waals surface area contributed by atoms with Crippen LogP contribution in [0.4, 0.5) is 5.13 Å². The van der Waals surface area contributed by atoms with Crippen LogP contribution in [-0.4, -0.2) is 51.4 Å². The highest BCUT2D eigenvalue weighted by Gasteiger charge is 2.28. The zero-order valence-corrected chi connectivity index (χ0v) is 22.2. The second kappa shape index (κ2) is 12.2. The van der Waals surface area contributed by atoms with Gasteiger partial charge in [0.15, 0.2) is 10.3 Å². The molecule has 2 fully saturated rings. The second-order valence-corrected chi connectivity index (χ2v) is 11.4. The summed E-state index contributed by atoms with van der Waals surface area (Å²) in [5.74, 6) is 0.324. The molecule has 2 amide bonds. The van der Waals surface area contributed by atoms with E-state index in [-0.39, 0.29) is 41.1 Å². The Morgan fingerprint density at radius 3 is 2.76 bits per heavy atom. The predicted molar refractivity (Wildman–Crippen MR) is 145 cm³/mol. The summed E-state index contributed by atoms with van der Waals surface area (Å²) in [6.07, 6.45) is 7.19. The normalized spacial score (nSPS) is 21.7. The van der Waals surface area contributed by atoms with Gasteiger partial charge in [0.25, 0.3) is 5.56 Å². The number of amides is 2. The Hall–Kier alpha value is -2.76. The van der Waals surface area contributed by atoms with E-state index in [1.807, 2.05) is 18.2 Å². The first kappa shape index (κ1) is 25.9. The molecule has 5 rings (SSSR count). The van der Waals surface area contributed by atoms with E-state index in [0.717, 1.165) is 45.1 Å². The second-order valence-electron chi connectivity index (χ2n) is 9.60. The van der Waals surface area contributed by atoms with Crippen molar-refractivity contribution in [3.63, 3.8) is 0 Å². The summed E-state index contributed by atoms with van der Waals surface area (Å²) in [6, 6.07) is 7.31. The van der Waals surface area contributed by atoms with Gasteiger partial charge in [0.2, 0.25) is 11.8 Å². The summed E-state index contributed by atoms with van der Waals surface area (Å²) in [6.45, 7) is 1.90. The van der Waals surface area contributed by atoms with Gasteiger partial charge in [-0.1, -0.05) is 23.9 Å². The lowest BCUT2D eigenvalue weighted by molar-refractivity contribution is -0.126. The van der Waals surface area contributed by atoms with Gasteiger partial charge in [-0.3, -0.25) is 19.0 Å². The van der Waals surface area contributed by atoms with Crippen molar-refractivity contribution in [2.75, 3.05) is 24.2 Å². The van der Waals surface area contributed by atoms with Crippen molar-refractivity contribution in [2.24, 2.45) is 11.8 Å². The van der Waals surface area contributed by atoms with E-state index in [0.29, 0.717) is 34.3 Å². The smallest absolute Gasteiger partial charge is 0.262 e. The fraction of sp³-hybridized carbons (Fsp3) is 0.500. The fourth-order valence-electron chi connectivity index (χ4n) is 5.02. The SMILES string of the molecule is O=C(CSc1nc2ccccc2c(=O)n1CC1CCC(C(=O)NCC2CCCO2)CC1)Nc1nccs1. The monoisotopic (exact) mass is 541 g/mol. The highest BCUT2D eigenvalue weighted by atomic mass is 32.2. The first-order valence-electron chi connectivity index (χ1n) is 12.8. The van der Waals surface area contributed by atoms with Gasteiger partial charge in [0.05, 0.1) is 22.8 Å². The van der Waals surface area contributed by atoms with E-state index >= 15 is 0 Å². The van der Waals surface area contributed by atoms with Crippen LogP contribution in [0.3, 0.4) is 0 Å². The number of thioether (sulfide) groups is 1. The molecule has 11 heteroatoms. The molecule has 0 bridgehead atoms. The standard InChI is InChI=1S/C26H31N5O4S2/c32-22(30-25-27-11-13-36-25)16-37-26-29-21-6-2-1-5-20(21)24(34)31(26)15-17-7-9-18(10-8-17)23(33)28-14-19-4-3-12-35-19/h1-2,5-6,11,13,17-19H,3-4,7-10,12,14-16H2,(H,28,33)(H,27,30,32). The van der Waals surface area contributed by atoms with Crippen LogP contribution in [-0.2, 0) is 20.9 Å². The van der Waals surface area contributed by atoms with Crippen LogP contribution in [0.15, 0.2) is 45.8 Å². The number of fused-ring (bicyclic) bond motifs is 1. The molecule has 0 radical (unpaired) electrons. The number of hydrogen-bond donors (Lipinski definition) is 2. The van der Waals surface area contributed by atoms with Crippen molar-refractivity contribution >= 4 is 50.9 Å². The lowest BCUT2D eigenvalue weighted by Crippen LogP contribution is -2.38. The Bertz CT molecular complexity index is 1280. The number of para-hydroxylation sites is 1. The average molecular weight is 542 g/mol. The third kappa shape index (κ3) is 6.58. The summed E-state index contributed by atoms with van der Waals surface area (Å²) >= 11 is 2.62. The number of carbonyl (C=O) groups excluding carboxylic acids is 2. The molecule has 196 valence electrons. The summed E-state index contributed by atoms with van der Waals surface area (Å²) in [5.41, 5.74) is 0.531. The largest absolute Gasteiger partial charge is 0.376 e. The Kier molecular flexibility index (Phi) is 8.52. The molecule has 1 saturated carbocycles. The summed E-state index contributed by atoms with van der Waals surface area (Å²) < 4.78 is 7.32. The minimum atomic E-state index is -0.191. The topological polar surface area (TPSA) is 115 Å². The third-order valence-electron chi connectivity index (χ3n) is 7.02. The highest BCUT2D eigenvalue weighted by Crippen LogP contribution is 2.31. The number of carbonyl (C=O) groups is 2. The van der Waals surface area contributed by atoms with Gasteiger partial charge in [-0.15, -0.1) is 11.3 Å². The van der Waals surface area contributed by atoms with Crippen molar-refractivity contribution in [1.82, 2.24) is 19.9 Å². The van der Waals surface area contributed by atoms with Crippen LogP contribution >= 0.6 is 23.1 Å². The molecule has 1 aliphatic carbocycles. The molecule has 2 aliphatic rings. The number of thiazole rings is 1. The van der Waals surface area contributed by atoms with Crippen LogP contribution in [0.1, 0.15) is 38.5 Å². The van der Waals surface area contributed by atoms with Gasteiger partial charge in [0.1, 0.15) is 0 Å². The molecular weight excluding hydrogens is 510 g/mol. The molecule has 2 aromatic heterocycles. The van der Waals surface area contributed by atoms with Crippen LogP contribution in [0.2, 0.25) is 0 Å². The first-order chi connectivity index (χ1) is 18.1. The molecule has 1 atom stereocenters. The van der Waals surface area contributed by atoms with Crippen LogP contribution in [0.25, 0.3) is 10.9 Å². The van der Waals surface area contributed by atoms with Crippen LogP contribution in [0, 0.1) is 11.8 Å². The summed E-state index contributed by atoms with van der Waals surface area (Å²) in [4.78, 5) is 47.4. The molecule has 3 heterocycles. The zero-order valence-electron chi connectivity index (χ0n) is 20.6. The molecule has 1 saturated heterocycles. The van der Waals surface area contributed by atoms with E-state index in [9.17, 15) is 14.4 Å². The number of rotatable bonds is 9. The molecular formula is C26H31N5O4S2. The minimum Gasteiger partial charge on any atom is -0.376 e. The molecule has 1 aromatic carbocycles. The van der Waals surface area contributed by atoms with E-state index < -0.39 is 0 Å². The van der Waals surface area contributed by atoms with Gasteiger partial charge in [0, 0.05) is 37.2 Å². The summed E-state index contributed by atoms with van der Waals surface area (Å²) in [5, 5.41) is 9.29. The van der Waals surface area contributed by atoms with E-state index in [1.54, 1.807) is 22.2 Å². The highest BCUT2D eigenvalue weighted by molar-refractivity contribution is 7.99. The Labute approximate surface area is 223 Å². The van der Waals surface area contributed by atoms with E-state index in [1.165, 1.54) is 23.1 Å². The van der Waals surface area contributed by atoms with Gasteiger partial charge in [-0.2, -0.15) is 0 Å². The number of benzene rings is 1. The molecule has 1 aliphatic heterocycles. The van der Waals surface area contributed by atoms with E-state index in [4.69, 9.17) is 9.72 Å². The van der Waals surface area contributed by atoms with Gasteiger partial charge >= 0.3 is 0 Å².